The maximum absolute atomic E-state index is 12.5. The Morgan fingerprint density at radius 1 is 1.35 bits per heavy atom. The molecule has 0 N–H and O–H groups in total. The highest BCUT2D eigenvalue weighted by Gasteiger charge is 2.41. The van der Waals surface area contributed by atoms with Crippen LogP contribution in [-0.2, 0) is 14.6 Å². The van der Waals surface area contributed by atoms with E-state index >= 15 is 0 Å². The monoisotopic (exact) mass is 269 g/mol. The van der Waals surface area contributed by atoms with Gasteiger partial charge in [0, 0.05) is 31.3 Å². The molecule has 0 aliphatic carbocycles. The minimum atomic E-state index is -4.62. The van der Waals surface area contributed by atoms with Gasteiger partial charge in [0.2, 0.25) is 0 Å². The number of pyridine rings is 1. The predicted molar refractivity (Wildman–Crippen MR) is 53.2 cm³/mol. The Kier molecular flexibility index (Phi) is 3.78. The van der Waals surface area contributed by atoms with Crippen LogP contribution in [0.25, 0.3) is 0 Å². The molecule has 0 aromatic carbocycles. The Labute approximate surface area is 96.3 Å². The van der Waals surface area contributed by atoms with Gasteiger partial charge in [-0.15, -0.1) is 0 Å². The number of nitrogens with zero attached hydrogens (tertiary/aromatic N) is 1. The highest BCUT2D eigenvalue weighted by molar-refractivity contribution is 7.90. The van der Waals surface area contributed by atoms with E-state index in [1.807, 2.05) is 0 Å². The normalized spacial score (nSPS) is 14.6. The molecule has 96 valence electrons. The van der Waals surface area contributed by atoms with Gasteiger partial charge >= 0.3 is 6.18 Å². The Bertz CT molecular complexity index is 498. The zero-order valence-corrected chi connectivity index (χ0v) is 9.84. The van der Waals surface area contributed by atoms with E-state index in [4.69, 9.17) is 0 Å². The number of sulfone groups is 1. The first-order valence-corrected chi connectivity index (χ1v) is 6.30. The van der Waals surface area contributed by atoms with Gasteiger partial charge in [-0.2, -0.15) is 13.2 Å². The van der Waals surface area contributed by atoms with E-state index in [0.29, 0.717) is 0 Å². The number of halogens is 3. The van der Waals surface area contributed by atoms with E-state index < -0.39 is 22.1 Å². The highest BCUT2D eigenvalue weighted by atomic mass is 32.2. The molecule has 1 atom stereocenters. The first kappa shape index (κ1) is 13.9. The molecular formula is C9H10F3NO3S. The van der Waals surface area contributed by atoms with Gasteiger partial charge < -0.3 is 4.74 Å². The molecule has 0 fully saturated rings. The predicted octanol–water partition coefficient (Wildman–Crippen LogP) is 1.73. The number of rotatable bonds is 3. The highest BCUT2D eigenvalue weighted by Crippen LogP contribution is 2.35. The van der Waals surface area contributed by atoms with E-state index in [2.05, 4.69) is 9.72 Å². The maximum atomic E-state index is 12.5. The summed E-state index contributed by atoms with van der Waals surface area (Å²) in [5.74, 6) is 0. The van der Waals surface area contributed by atoms with Crippen molar-refractivity contribution in [2.24, 2.45) is 0 Å². The molecule has 1 aromatic rings. The standard InChI is InChI=1S/C9H10F3NO3S/c1-16-8(9(10,11)12)6-3-7(5-13-4-6)17(2,14)15/h3-5,8H,1-2H3. The number of ether oxygens (including phenoxy) is 1. The molecule has 1 unspecified atom stereocenters. The lowest BCUT2D eigenvalue weighted by molar-refractivity contribution is -0.216. The molecule has 8 heteroatoms. The second-order valence-electron chi connectivity index (χ2n) is 3.38. The fourth-order valence-electron chi connectivity index (χ4n) is 1.24. The summed E-state index contributed by atoms with van der Waals surface area (Å²) >= 11 is 0. The zero-order chi connectivity index (χ0) is 13.3. The van der Waals surface area contributed by atoms with Crippen molar-refractivity contribution in [1.29, 1.82) is 0 Å². The lowest BCUT2D eigenvalue weighted by Crippen LogP contribution is -2.22. The van der Waals surface area contributed by atoms with E-state index in [9.17, 15) is 21.6 Å². The zero-order valence-electron chi connectivity index (χ0n) is 9.02. The average molecular weight is 269 g/mol. The van der Waals surface area contributed by atoms with Crippen molar-refractivity contribution >= 4 is 9.84 Å². The molecular weight excluding hydrogens is 259 g/mol. The maximum Gasteiger partial charge on any atom is 0.418 e. The molecule has 1 heterocycles. The lowest BCUT2D eigenvalue weighted by atomic mass is 10.1. The first-order valence-electron chi connectivity index (χ1n) is 4.41. The van der Waals surface area contributed by atoms with E-state index in [-0.39, 0.29) is 10.5 Å². The number of aromatic nitrogens is 1. The number of hydrogen-bond donors (Lipinski definition) is 0. The summed E-state index contributed by atoms with van der Waals surface area (Å²) in [6.45, 7) is 0. The Morgan fingerprint density at radius 3 is 2.35 bits per heavy atom. The summed E-state index contributed by atoms with van der Waals surface area (Å²) in [6, 6.07) is 0.907. The summed E-state index contributed by atoms with van der Waals surface area (Å²) in [5, 5.41) is 0. The second-order valence-corrected chi connectivity index (χ2v) is 5.40. The molecule has 0 radical (unpaired) electrons. The molecule has 0 aliphatic heterocycles. The van der Waals surface area contributed by atoms with Crippen LogP contribution in [0.15, 0.2) is 23.4 Å². The molecule has 1 rings (SSSR count). The van der Waals surface area contributed by atoms with Crippen LogP contribution < -0.4 is 0 Å². The van der Waals surface area contributed by atoms with E-state index in [0.717, 1.165) is 31.8 Å². The van der Waals surface area contributed by atoms with Crippen molar-refractivity contribution in [1.82, 2.24) is 4.98 Å². The van der Waals surface area contributed by atoms with Crippen LogP contribution in [0.5, 0.6) is 0 Å². The van der Waals surface area contributed by atoms with Gasteiger partial charge in [-0.3, -0.25) is 4.98 Å². The van der Waals surface area contributed by atoms with Gasteiger partial charge in [0.15, 0.2) is 15.9 Å². The van der Waals surface area contributed by atoms with Crippen molar-refractivity contribution in [3.05, 3.63) is 24.0 Å². The molecule has 0 aliphatic rings. The van der Waals surface area contributed by atoms with Crippen LogP contribution in [0.2, 0.25) is 0 Å². The Balaban J connectivity index is 3.24. The third-order valence-corrected chi connectivity index (χ3v) is 3.08. The second kappa shape index (κ2) is 4.61. The van der Waals surface area contributed by atoms with Gasteiger partial charge in [0.05, 0.1) is 4.90 Å². The van der Waals surface area contributed by atoms with Crippen LogP contribution in [0.3, 0.4) is 0 Å². The van der Waals surface area contributed by atoms with Crippen molar-refractivity contribution in [3.63, 3.8) is 0 Å². The van der Waals surface area contributed by atoms with E-state index in [1.165, 1.54) is 0 Å². The third-order valence-electron chi connectivity index (χ3n) is 2.00. The summed E-state index contributed by atoms with van der Waals surface area (Å²) < 4.78 is 64.3. The Hall–Kier alpha value is -1.15. The topological polar surface area (TPSA) is 56.3 Å². The number of hydrogen-bond acceptors (Lipinski definition) is 4. The molecule has 4 nitrogen and oxygen atoms in total. The quantitative estimate of drug-likeness (QED) is 0.838. The minimum Gasteiger partial charge on any atom is -0.367 e. The molecule has 0 amide bonds. The SMILES string of the molecule is COC(c1cncc(S(C)(=O)=O)c1)C(F)(F)F. The first-order chi connectivity index (χ1) is 7.66. The van der Waals surface area contributed by atoms with Crippen LogP contribution >= 0.6 is 0 Å². The molecule has 1 aromatic heterocycles. The van der Waals surface area contributed by atoms with Crippen LogP contribution in [0.1, 0.15) is 11.7 Å². The van der Waals surface area contributed by atoms with Crippen molar-refractivity contribution in [3.8, 4) is 0 Å². The summed E-state index contributed by atoms with van der Waals surface area (Å²) in [4.78, 5) is 3.20. The van der Waals surface area contributed by atoms with Crippen molar-refractivity contribution < 1.29 is 26.3 Å². The third kappa shape index (κ3) is 3.40. The van der Waals surface area contributed by atoms with Crippen molar-refractivity contribution in [2.75, 3.05) is 13.4 Å². The minimum absolute atomic E-state index is 0.277. The smallest absolute Gasteiger partial charge is 0.367 e. The van der Waals surface area contributed by atoms with Crippen molar-refractivity contribution in [2.45, 2.75) is 17.2 Å². The summed E-state index contributed by atoms with van der Waals surface area (Å²) in [7, 11) is -2.70. The fourth-order valence-corrected chi connectivity index (χ4v) is 1.84. The molecule has 0 saturated carbocycles. The van der Waals surface area contributed by atoms with Gasteiger partial charge in [0.1, 0.15) is 0 Å². The van der Waals surface area contributed by atoms with Gasteiger partial charge in [-0.1, -0.05) is 0 Å². The summed E-state index contributed by atoms with van der Waals surface area (Å²) in [5.41, 5.74) is -0.345. The van der Waals surface area contributed by atoms with Crippen LogP contribution in [0, 0.1) is 0 Å². The molecule has 0 bridgehead atoms. The van der Waals surface area contributed by atoms with Crippen LogP contribution in [0.4, 0.5) is 13.2 Å². The number of alkyl halides is 3. The average Bonchev–Trinajstić information content (AvgIpc) is 2.15. The van der Waals surface area contributed by atoms with Crippen LogP contribution in [-0.4, -0.2) is 32.9 Å². The van der Waals surface area contributed by atoms with E-state index in [1.54, 1.807) is 0 Å². The summed E-state index contributed by atoms with van der Waals surface area (Å²) in [6.07, 6.45) is -4.00. The largest absolute Gasteiger partial charge is 0.418 e. The lowest BCUT2D eigenvalue weighted by Gasteiger charge is -2.18. The fraction of sp³-hybridized carbons (Fsp3) is 0.444. The van der Waals surface area contributed by atoms with Gasteiger partial charge in [-0.25, -0.2) is 8.42 Å². The molecule has 17 heavy (non-hydrogen) atoms. The molecule has 0 saturated heterocycles. The molecule has 0 spiro atoms. The number of methoxy groups -OCH3 is 1. The van der Waals surface area contributed by atoms with Gasteiger partial charge in [-0.05, 0) is 6.07 Å². The van der Waals surface area contributed by atoms with Gasteiger partial charge in [0.25, 0.3) is 0 Å². The Morgan fingerprint density at radius 2 is 1.94 bits per heavy atom.